The van der Waals surface area contributed by atoms with Gasteiger partial charge in [0.1, 0.15) is 0 Å². The van der Waals surface area contributed by atoms with Gasteiger partial charge in [-0.15, -0.1) is 0 Å². The first kappa shape index (κ1) is 12.4. The molecular formula is C15H24N2. The average molecular weight is 232 g/mol. The van der Waals surface area contributed by atoms with Gasteiger partial charge < -0.3 is 10.6 Å². The molecule has 1 saturated carbocycles. The van der Waals surface area contributed by atoms with Crippen LogP contribution in [0.2, 0.25) is 0 Å². The second-order valence-corrected chi connectivity index (χ2v) is 5.19. The summed E-state index contributed by atoms with van der Waals surface area (Å²) in [4.78, 5) is 2.58. The summed E-state index contributed by atoms with van der Waals surface area (Å²) in [6, 6.07) is 8.27. The van der Waals surface area contributed by atoms with Crippen molar-refractivity contribution in [2.75, 3.05) is 25.4 Å². The molecule has 0 bridgehead atoms. The van der Waals surface area contributed by atoms with Crippen LogP contribution in [0.15, 0.2) is 24.3 Å². The smallest absolute Gasteiger partial charge is 0.0316 e. The van der Waals surface area contributed by atoms with Crippen molar-refractivity contribution < 1.29 is 0 Å². The van der Waals surface area contributed by atoms with Gasteiger partial charge in [0.15, 0.2) is 0 Å². The predicted molar refractivity (Wildman–Crippen MR) is 74.0 cm³/mol. The van der Waals surface area contributed by atoms with Gasteiger partial charge in [0.2, 0.25) is 0 Å². The molecule has 0 amide bonds. The first-order valence-electron chi connectivity index (χ1n) is 6.84. The van der Waals surface area contributed by atoms with Gasteiger partial charge in [-0.1, -0.05) is 25.5 Å². The Labute approximate surface area is 105 Å². The van der Waals surface area contributed by atoms with E-state index in [1.807, 2.05) is 12.1 Å². The van der Waals surface area contributed by atoms with Crippen molar-refractivity contribution in [3.05, 3.63) is 29.8 Å². The van der Waals surface area contributed by atoms with E-state index in [0.29, 0.717) is 0 Å². The second-order valence-electron chi connectivity index (χ2n) is 5.19. The Morgan fingerprint density at radius 1 is 1.35 bits per heavy atom. The van der Waals surface area contributed by atoms with Crippen LogP contribution < -0.4 is 5.73 Å². The molecule has 2 nitrogen and oxygen atoms in total. The first-order chi connectivity index (χ1) is 8.28. The van der Waals surface area contributed by atoms with Crippen molar-refractivity contribution in [1.29, 1.82) is 0 Å². The summed E-state index contributed by atoms with van der Waals surface area (Å²) < 4.78 is 0. The number of hydrogen-bond donors (Lipinski definition) is 1. The molecule has 1 aliphatic carbocycles. The van der Waals surface area contributed by atoms with E-state index >= 15 is 0 Å². The molecule has 2 rings (SSSR count). The summed E-state index contributed by atoms with van der Waals surface area (Å²) >= 11 is 0. The standard InChI is InChI=1S/C15H24N2/c1-2-17(12-14-6-3-7-14)10-9-13-5-4-8-15(16)11-13/h4-5,8,11,14H,2-3,6-7,9-10,12,16H2,1H3. The highest BCUT2D eigenvalue weighted by Crippen LogP contribution is 2.27. The lowest BCUT2D eigenvalue weighted by Crippen LogP contribution is -2.33. The maximum Gasteiger partial charge on any atom is 0.0316 e. The lowest BCUT2D eigenvalue weighted by Gasteiger charge is -2.31. The maximum absolute atomic E-state index is 5.80. The maximum atomic E-state index is 5.80. The number of likely N-dealkylation sites (N-methyl/N-ethyl adjacent to an activating group) is 1. The summed E-state index contributed by atoms with van der Waals surface area (Å²) in [5, 5.41) is 0. The van der Waals surface area contributed by atoms with Gasteiger partial charge in [-0.05, 0) is 49.4 Å². The number of rotatable bonds is 6. The molecule has 2 heteroatoms. The fraction of sp³-hybridized carbons (Fsp3) is 0.600. The minimum Gasteiger partial charge on any atom is -0.399 e. The molecule has 1 fully saturated rings. The van der Waals surface area contributed by atoms with Crippen LogP contribution in [0, 0.1) is 5.92 Å². The van der Waals surface area contributed by atoms with Crippen LogP contribution in [-0.4, -0.2) is 24.5 Å². The molecule has 0 aromatic heterocycles. The molecule has 0 heterocycles. The molecule has 0 radical (unpaired) electrons. The van der Waals surface area contributed by atoms with Gasteiger partial charge in [0.05, 0.1) is 0 Å². The summed E-state index contributed by atoms with van der Waals surface area (Å²) in [7, 11) is 0. The Bertz CT molecular complexity index is 345. The predicted octanol–water partition coefficient (Wildman–Crippen LogP) is 2.93. The minimum atomic E-state index is 0.879. The van der Waals surface area contributed by atoms with Gasteiger partial charge in [0.25, 0.3) is 0 Å². The Hall–Kier alpha value is -1.02. The third-order valence-electron chi connectivity index (χ3n) is 3.86. The van der Waals surface area contributed by atoms with E-state index in [1.54, 1.807) is 0 Å². The van der Waals surface area contributed by atoms with Crippen LogP contribution in [0.25, 0.3) is 0 Å². The highest BCUT2D eigenvalue weighted by molar-refractivity contribution is 5.40. The Kier molecular flexibility index (Phi) is 4.43. The molecule has 0 unspecified atom stereocenters. The zero-order valence-electron chi connectivity index (χ0n) is 10.9. The van der Waals surface area contributed by atoms with E-state index in [2.05, 4.69) is 24.0 Å². The summed E-state index contributed by atoms with van der Waals surface area (Å²) in [6.07, 6.45) is 5.44. The van der Waals surface area contributed by atoms with E-state index in [-0.39, 0.29) is 0 Å². The minimum absolute atomic E-state index is 0.879. The van der Waals surface area contributed by atoms with Gasteiger partial charge in [-0.3, -0.25) is 0 Å². The lowest BCUT2D eigenvalue weighted by molar-refractivity contribution is 0.185. The monoisotopic (exact) mass is 232 g/mol. The topological polar surface area (TPSA) is 29.3 Å². The molecule has 94 valence electrons. The van der Waals surface area contributed by atoms with Crippen molar-refractivity contribution in [2.24, 2.45) is 5.92 Å². The molecule has 0 spiro atoms. The number of anilines is 1. The Morgan fingerprint density at radius 2 is 2.18 bits per heavy atom. The SMILES string of the molecule is CCN(CCc1cccc(N)c1)CC1CCC1. The largest absolute Gasteiger partial charge is 0.399 e. The van der Waals surface area contributed by atoms with Crippen molar-refractivity contribution in [2.45, 2.75) is 32.6 Å². The number of benzene rings is 1. The molecule has 1 aromatic rings. The third kappa shape index (κ3) is 3.74. The van der Waals surface area contributed by atoms with Crippen LogP contribution in [-0.2, 0) is 6.42 Å². The van der Waals surface area contributed by atoms with Gasteiger partial charge in [-0.25, -0.2) is 0 Å². The van der Waals surface area contributed by atoms with E-state index < -0.39 is 0 Å². The highest BCUT2D eigenvalue weighted by atomic mass is 15.1. The first-order valence-corrected chi connectivity index (χ1v) is 6.84. The van der Waals surface area contributed by atoms with Gasteiger partial charge in [0, 0.05) is 18.8 Å². The molecular weight excluding hydrogens is 208 g/mol. The van der Waals surface area contributed by atoms with E-state index in [1.165, 1.54) is 37.9 Å². The molecule has 0 saturated heterocycles. The quantitative estimate of drug-likeness (QED) is 0.764. The van der Waals surface area contributed by atoms with Crippen molar-refractivity contribution in [1.82, 2.24) is 4.90 Å². The zero-order chi connectivity index (χ0) is 12.1. The molecule has 17 heavy (non-hydrogen) atoms. The van der Waals surface area contributed by atoms with Crippen LogP contribution in [0.4, 0.5) is 5.69 Å². The summed E-state index contributed by atoms with van der Waals surface area (Å²) in [5.41, 5.74) is 8.03. The normalized spacial score (nSPS) is 16.1. The van der Waals surface area contributed by atoms with Crippen LogP contribution >= 0.6 is 0 Å². The second kappa shape index (κ2) is 6.06. The number of hydrogen-bond acceptors (Lipinski definition) is 2. The van der Waals surface area contributed by atoms with Crippen LogP contribution in [0.3, 0.4) is 0 Å². The molecule has 1 aliphatic rings. The Balaban J connectivity index is 1.78. The van der Waals surface area contributed by atoms with Crippen molar-refractivity contribution in [3.63, 3.8) is 0 Å². The van der Waals surface area contributed by atoms with Crippen LogP contribution in [0.5, 0.6) is 0 Å². The molecule has 2 N–H and O–H groups in total. The van der Waals surface area contributed by atoms with Crippen molar-refractivity contribution >= 4 is 5.69 Å². The van der Waals surface area contributed by atoms with Crippen molar-refractivity contribution in [3.8, 4) is 0 Å². The zero-order valence-corrected chi connectivity index (χ0v) is 10.9. The van der Waals surface area contributed by atoms with E-state index in [9.17, 15) is 0 Å². The fourth-order valence-electron chi connectivity index (χ4n) is 2.45. The number of nitrogens with two attached hydrogens (primary N) is 1. The summed E-state index contributed by atoms with van der Waals surface area (Å²) in [5.74, 6) is 0.968. The van der Waals surface area contributed by atoms with E-state index in [4.69, 9.17) is 5.73 Å². The van der Waals surface area contributed by atoms with E-state index in [0.717, 1.165) is 24.6 Å². The summed E-state index contributed by atoms with van der Waals surface area (Å²) in [6.45, 7) is 5.88. The Morgan fingerprint density at radius 3 is 2.76 bits per heavy atom. The fourth-order valence-corrected chi connectivity index (χ4v) is 2.45. The molecule has 0 aliphatic heterocycles. The highest BCUT2D eigenvalue weighted by Gasteiger charge is 2.19. The molecule has 1 aromatic carbocycles. The molecule has 0 atom stereocenters. The van der Waals surface area contributed by atoms with Gasteiger partial charge >= 0.3 is 0 Å². The van der Waals surface area contributed by atoms with Gasteiger partial charge in [-0.2, -0.15) is 0 Å². The van der Waals surface area contributed by atoms with Crippen LogP contribution in [0.1, 0.15) is 31.7 Å². The number of nitrogens with zero attached hydrogens (tertiary/aromatic N) is 1. The number of nitrogen functional groups attached to an aromatic ring is 1. The lowest BCUT2D eigenvalue weighted by atomic mass is 9.85. The average Bonchev–Trinajstić information content (AvgIpc) is 2.27. The third-order valence-corrected chi connectivity index (χ3v) is 3.86.